The Morgan fingerprint density at radius 3 is 2.13 bits per heavy atom. The molecule has 0 radical (unpaired) electrons. The van der Waals surface area contributed by atoms with Gasteiger partial charge in [-0.1, -0.05) is 34.8 Å². The lowest BCUT2D eigenvalue weighted by molar-refractivity contribution is 0.251. The average molecular weight is 459 g/mol. The van der Waals surface area contributed by atoms with Crippen molar-refractivity contribution in [2.75, 3.05) is 5.32 Å². The number of rotatable bonds is 4. The standard InChI is InChI=1S/C22H14Cl3N3O2/c23-14-1-5-16(6-2-14)26-22(29)28-12-11-21(27-28)19-10-9-18(13-20(19)25)30-17-7-3-15(24)4-8-17/h1-13H,(H,26,29). The zero-order chi connectivity index (χ0) is 21.1. The van der Waals surface area contributed by atoms with Crippen molar-refractivity contribution in [1.29, 1.82) is 0 Å². The van der Waals surface area contributed by atoms with Gasteiger partial charge in [-0.2, -0.15) is 9.78 Å². The molecule has 0 aliphatic heterocycles. The number of hydrogen-bond donors (Lipinski definition) is 1. The smallest absolute Gasteiger partial charge is 0.346 e. The molecule has 1 N–H and O–H groups in total. The number of amides is 1. The minimum Gasteiger partial charge on any atom is -0.457 e. The second-order valence-electron chi connectivity index (χ2n) is 6.28. The van der Waals surface area contributed by atoms with E-state index in [0.29, 0.717) is 43.5 Å². The Bertz CT molecular complexity index is 1190. The number of benzene rings is 3. The van der Waals surface area contributed by atoms with E-state index in [-0.39, 0.29) is 0 Å². The molecule has 3 aromatic carbocycles. The summed E-state index contributed by atoms with van der Waals surface area (Å²) < 4.78 is 6.99. The molecule has 1 heterocycles. The maximum Gasteiger partial charge on any atom is 0.346 e. The van der Waals surface area contributed by atoms with Gasteiger partial charge in [0, 0.05) is 33.6 Å². The van der Waals surface area contributed by atoms with Gasteiger partial charge in [-0.3, -0.25) is 0 Å². The molecule has 0 atom stereocenters. The predicted molar refractivity (Wildman–Crippen MR) is 120 cm³/mol. The van der Waals surface area contributed by atoms with Crippen molar-refractivity contribution in [2.24, 2.45) is 0 Å². The van der Waals surface area contributed by atoms with Crippen LogP contribution in [0.2, 0.25) is 15.1 Å². The van der Waals surface area contributed by atoms with Gasteiger partial charge in [0.05, 0.1) is 10.7 Å². The summed E-state index contributed by atoms with van der Waals surface area (Å²) in [6, 6.07) is 20.4. The number of aromatic nitrogens is 2. The van der Waals surface area contributed by atoms with Gasteiger partial charge in [-0.05, 0) is 66.7 Å². The fourth-order valence-electron chi connectivity index (χ4n) is 2.70. The van der Waals surface area contributed by atoms with Gasteiger partial charge < -0.3 is 10.1 Å². The van der Waals surface area contributed by atoms with Crippen molar-refractivity contribution < 1.29 is 9.53 Å². The zero-order valence-corrected chi connectivity index (χ0v) is 17.6. The van der Waals surface area contributed by atoms with Gasteiger partial charge in [0.1, 0.15) is 11.5 Å². The lowest BCUT2D eigenvalue weighted by atomic mass is 10.1. The number of carbonyl (C=O) groups excluding carboxylic acids is 1. The first kappa shape index (κ1) is 20.3. The summed E-state index contributed by atoms with van der Waals surface area (Å²) >= 11 is 18.2. The molecule has 30 heavy (non-hydrogen) atoms. The largest absolute Gasteiger partial charge is 0.457 e. The highest BCUT2D eigenvalue weighted by molar-refractivity contribution is 6.33. The van der Waals surface area contributed by atoms with Crippen LogP contribution in [0.5, 0.6) is 11.5 Å². The third-order valence-electron chi connectivity index (χ3n) is 4.16. The highest BCUT2D eigenvalue weighted by atomic mass is 35.5. The van der Waals surface area contributed by atoms with E-state index in [1.165, 1.54) is 4.68 Å². The van der Waals surface area contributed by atoms with Crippen LogP contribution in [0.15, 0.2) is 79.0 Å². The van der Waals surface area contributed by atoms with Gasteiger partial charge in [0.25, 0.3) is 0 Å². The summed E-state index contributed by atoms with van der Waals surface area (Å²) in [5, 5.41) is 8.73. The van der Waals surface area contributed by atoms with E-state index in [9.17, 15) is 4.79 Å². The molecule has 0 saturated heterocycles. The van der Waals surface area contributed by atoms with E-state index < -0.39 is 6.03 Å². The monoisotopic (exact) mass is 457 g/mol. The van der Waals surface area contributed by atoms with Crippen LogP contribution >= 0.6 is 34.8 Å². The van der Waals surface area contributed by atoms with E-state index in [1.54, 1.807) is 79.0 Å². The van der Waals surface area contributed by atoms with Crippen LogP contribution in [-0.2, 0) is 0 Å². The molecule has 1 amide bonds. The topological polar surface area (TPSA) is 56.2 Å². The van der Waals surface area contributed by atoms with E-state index in [4.69, 9.17) is 39.5 Å². The Hall–Kier alpha value is -2.99. The molecule has 1 aromatic heterocycles. The first-order valence-electron chi connectivity index (χ1n) is 8.84. The molecular formula is C22H14Cl3N3O2. The number of carbonyl (C=O) groups is 1. The maximum atomic E-state index is 12.4. The Labute approximate surface area is 187 Å². The normalized spacial score (nSPS) is 10.6. The Morgan fingerprint density at radius 1 is 0.833 bits per heavy atom. The molecule has 0 spiro atoms. The van der Waals surface area contributed by atoms with Gasteiger partial charge >= 0.3 is 6.03 Å². The van der Waals surface area contributed by atoms with E-state index in [1.807, 2.05) is 0 Å². The quantitative estimate of drug-likeness (QED) is 0.347. The molecule has 0 aliphatic carbocycles. The molecule has 8 heteroatoms. The van der Waals surface area contributed by atoms with Crippen molar-refractivity contribution >= 4 is 46.5 Å². The molecule has 4 aromatic rings. The third kappa shape index (κ3) is 4.76. The summed E-state index contributed by atoms with van der Waals surface area (Å²) in [4.78, 5) is 12.4. The predicted octanol–water partition coefficient (Wildman–Crippen LogP) is 7.38. The molecule has 4 rings (SSSR count). The second kappa shape index (κ2) is 8.79. The molecule has 0 saturated carbocycles. The van der Waals surface area contributed by atoms with Crippen molar-refractivity contribution in [3.05, 3.63) is 94.1 Å². The van der Waals surface area contributed by atoms with Crippen LogP contribution in [0, 0.1) is 0 Å². The van der Waals surface area contributed by atoms with Crippen LogP contribution < -0.4 is 10.1 Å². The highest BCUT2D eigenvalue weighted by Gasteiger charge is 2.12. The lowest BCUT2D eigenvalue weighted by Gasteiger charge is -2.08. The van der Waals surface area contributed by atoms with Gasteiger partial charge in [-0.15, -0.1) is 0 Å². The summed E-state index contributed by atoms with van der Waals surface area (Å²) in [5.41, 5.74) is 1.85. The zero-order valence-electron chi connectivity index (χ0n) is 15.4. The summed E-state index contributed by atoms with van der Waals surface area (Å²) in [7, 11) is 0. The number of nitrogens with zero attached hydrogens (tertiary/aromatic N) is 2. The van der Waals surface area contributed by atoms with Gasteiger partial charge in [0.2, 0.25) is 0 Å². The number of nitrogens with one attached hydrogen (secondary N) is 1. The average Bonchev–Trinajstić information content (AvgIpc) is 3.22. The van der Waals surface area contributed by atoms with Crippen LogP contribution in [-0.4, -0.2) is 15.8 Å². The molecule has 0 aliphatic rings. The van der Waals surface area contributed by atoms with E-state index >= 15 is 0 Å². The Morgan fingerprint density at radius 2 is 1.47 bits per heavy atom. The highest BCUT2D eigenvalue weighted by Crippen LogP contribution is 2.32. The number of ether oxygens (including phenoxy) is 1. The van der Waals surface area contributed by atoms with Crippen LogP contribution in [0.25, 0.3) is 11.3 Å². The van der Waals surface area contributed by atoms with Crippen molar-refractivity contribution in [3.8, 4) is 22.8 Å². The lowest BCUT2D eigenvalue weighted by Crippen LogP contribution is -2.19. The van der Waals surface area contributed by atoms with Gasteiger partial charge in [0.15, 0.2) is 0 Å². The Kier molecular flexibility index (Phi) is 5.95. The SMILES string of the molecule is O=C(Nc1ccc(Cl)cc1)n1ccc(-c2ccc(Oc3ccc(Cl)cc3)cc2Cl)n1. The minimum atomic E-state index is -0.401. The number of hydrogen-bond acceptors (Lipinski definition) is 3. The van der Waals surface area contributed by atoms with E-state index in [2.05, 4.69) is 10.4 Å². The molecule has 0 fully saturated rings. The number of anilines is 1. The fourth-order valence-corrected chi connectivity index (χ4v) is 3.22. The molecule has 0 bridgehead atoms. The minimum absolute atomic E-state index is 0.401. The van der Waals surface area contributed by atoms with E-state index in [0.717, 1.165) is 0 Å². The van der Waals surface area contributed by atoms with Crippen LogP contribution in [0.3, 0.4) is 0 Å². The van der Waals surface area contributed by atoms with Crippen molar-refractivity contribution in [1.82, 2.24) is 9.78 Å². The summed E-state index contributed by atoms with van der Waals surface area (Å²) in [6.07, 6.45) is 1.56. The third-order valence-corrected chi connectivity index (χ3v) is 4.98. The first-order valence-corrected chi connectivity index (χ1v) is 9.97. The van der Waals surface area contributed by atoms with Crippen LogP contribution in [0.1, 0.15) is 0 Å². The van der Waals surface area contributed by atoms with Crippen molar-refractivity contribution in [2.45, 2.75) is 0 Å². The fraction of sp³-hybridized carbons (Fsp3) is 0. The maximum absolute atomic E-state index is 12.4. The second-order valence-corrected chi connectivity index (χ2v) is 7.56. The molecule has 5 nitrogen and oxygen atoms in total. The van der Waals surface area contributed by atoms with Crippen LogP contribution in [0.4, 0.5) is 10.5 Å². The number of halogens is 3. The summed E-state index contributed by atoms with van der Waals surface area (Å²) in [5.74, 6) is 1.22. The molecular weight excluding hydrogens is 445 g/mol. The molecule has 150 valence electrons. The summed E-state index contributed by atoms with van der Waals surface area (Å²) in [6.45, 7) is 0. The van der Waals surface area contributed by atoms with Gasteiger partial charge in [-0.25, -0.2) is 4.79 Å². The van der Waals surface area contributed by atoms with Crippen molar-refractivity contribution in [3.63, 3.8) is 0 Å². The molecule has 0 unspecified atom stereocenters. The first-order chi connectivity index (χ1) is 14.5. The Balaban J connectivity index is 1.49.